The fraction of sp³-hybridized carbons (Fsp3) is 0.222. The van der Waals surface area contributed by atoms with E-state index in [1.54, 1.807) is 0 Å². The maximum Gasteiger partial charge on any atom is 0.239 e. The molecule has 0 heterocycles. The lowest BCUT2D eigenvalue weighted by Gasteiger charge is -2.08. The molecule has 0 bridgehead atoms. The molecule has 126 valence electrons. The number of halogens is 1. The van der Waals surface area contributed by atoms with Gasteiger partial charge in [-0.2, -0.15) is 0 Å². The third-order valence-corrected chi connectivity index (χ3v) is 3.16. The highest BCUT2D eigenvalue weighted by Gasteiger charge is 2.06. The van der Waals surface area contributed by atoms with Crippen molar-refractivity contribution in [3.8, 4) is 5.75 Å². The Morgan fingerprint density at radius 2 is 1.62 bits per heavy atom. The molecule has 2 aromatic rings. The summed E-state index contributed by atoms with van der Waals surface area (Å²) in [6, 6.07) is 14.9. The molecule has 0 aliphatic carbocycles. The van der Waals surface area contributed by atoms with Crippen LogP contribution in [0, 0.1) is 5.82 Å². The fourth-order valence-electron chi connectivity index (χ4n) is 1.98. The van der Waals surface area contributed by atoms with Gasteiger partial charge in [0, 0.05) is 0 Å². The molecule has 0 aromatic heterocycles. The first-order valence-electron chi connectivity index (χ1n) is 7.59. The number of carbonyl (C=O) groups excluding carboxylic acids is 2. The maximum atomic E-state index is 12.7. The van der Waals surface area contributed by atoms with Crippen LogP contribution < -0.4 is 15.4 Å². The Labute approximate surface area is 139 Å². The average molecular weight is 330 g/mol. The minimum Gasteiger partial charge on any atom is -0.492 e. The Bertz CT molecular complexity index is 660. The number of rotatable bonds is 8. The van der Waals surface area contributed by atoms with Gasteiger partial charge in [-0.15, -0.1) is 0 Å². The van der Waals surface area contributed by atoms with Gasteiger partial charge in [0.25, 0.3) is 0 Å². The van der Waals surface area contributed by atoms with Crippen molar-refractivity contribution in [2.24, 2.45) is 0 Å². The van der Waals surface area contributed by atoms with Gasteiger partial charge >= 0.3 is 0 Å². The maximum absolute atomic E-state index is 12.7. The average Bonchev–Trinajstić information content (AvgIpc) is 2.59. The lowest BCUT2D eigenvalue weighted by molar-refractivity contribution is -0.125. The van der Waals surface area contributed by atoms with Crippen LogP contribution in [-0.2, 0) is 16.0 Å². The molecule has 0 fully saturated rings. The normalized spacial score (nSPS) is 10.0. The van der Waals surface area contributed by atoms with Crippen molar-refractivity contribution in [3.05, 3.63) is 66.0 Å². The quantitative estimate of drug-likeness (QED) is 0.724. The van der Waals surface area contributed by atoms with Crippen molar-refractivity contribution in [1.29, 1.82) is 0 Å². The largest absolute Gasteiger partial charge is 0.492 e. The molecule has 2 rings (SSSR count). The number of hydrogen-bond donors (Lipinski definition) is 2. The number of amides is 2. The summed E-state index contributed by atoms with van der Waals surface area (Å²) in [5.41, 5.74) is 0.892. The van der Waals surface area contributed by atoms with Crippen molar-refractivity contribution in [3.63, 3.8) is 0 Å². The summed E-state index contributed by atoms with van der Waals surface area (Å²) in [4.78, 5) is 23.3. The third-order valence-electron chi connectivity index (χ3n) is 3.16. The molecular weight excluding hydrogens is 311 g/mol. The van der Waals surface area contributed by atoms with Gasteiger partial charge in [0.1, 0.15) is 18.2 Å². The van der Waals surface area contributed by atoms with Crippen molar-refractivity contribution in [1.82, 2.24) is 10.6 Å². The highest BCUT2D eigenvalue weighted by atomic mass is 19.1. The summed E-state index contributed by atoms with van der Waals surface area (Å²) < 4.78 is 18.1. The van der Waals surface area contributed by atoms with E-state index in [1.807, 2.05) is 30.3 Å². The molecule has 2 N–H and O–H groups in total. The molecule has 0 spiro atoms. The Morgan fingerprint density at radius 1 is 0.917 bits per heavy atom. The van der Waals surface area contributed by atoms with Crippen LogP contribution in [0.1, 0.15) is 5.56 Å². The molecule has 24 heavy (non-hydrogen) atoms. The molecule has 0 saturated carbocycles. The Kier molecular flexibility index (Phi) is 6.76. The predicted molar refractivity (Wildman–Crippen MR) is 88.1 cm³/mol. The molecule has 0 aliphatic rings. The summed E-state index contributed by atoms with van der Waals surface area (Å²) in [5, 5.41) is 5.19. The van der Waals surface area contributed by atoms with E-state index in [1.165, 1.54) is 24.3 Å². The number of carbonyl (C=O) groups is 2. The van der Waals surface area contributed by atoms with E-state index >= 15 is 0 Å². The standard InChI is InChI=1S/C18H19FN2O3/c19-15-6-8-16(9-7-15)24-11-10-20-18(23)13-21-17(22)12-14-4-2-1-3-5-14/h1-9H,10-13H2,(H,20,23)(H,21,22). The number of benzene rings is 2. The molecule has 6 heteroatoms. The van der Waals surface area contributed by atoms with Crippen molar-refractivity contribution < 1.29 is 18.7 Å². The third kappa shape index (κ3) is 6.48. The van der Waals surface area contributed by atoms with Crippen molar-refractivity contribution in [2.45, 2.75) is 6.42 Å². The van der Waals surface area contributed by atoms with Crippen LogP contribution in [0.2, 0.25) is 0 Å². The van der Waals surface area contributed by atoms with Crippen LogP contribution in [0.15, 0.2) is 54.6 Å². The van der Waals surface area contributed by atoms with Crippen LogP contribution in [0.4, 0.5) is 4.39 Å². The highest BCUT2D eigenvalue weighted by molar-refractivity contribution is 5.85. The van der Waals surface area contributed by atoms with Crippen LogP contribution in [0.3, 0.4) is 0 Å². The van der Waals surface area contributed by atoms with Gasteiger partial charge in [-0.25, -0.2) is 4.39 Å². The molecule has 0 unspecified atom stereocenters. The second kappa shape index (κ2) is 9.29. The monoisotopic (exact) mass is 330 g/mol. The second-order valence-electron chi connectivity index (χ2n) is 5.09. The van der Waals surface area contributed by atoms with E-state index in [4.69, 9.17) is 4.74 Å². The first kappa shape index (κ1) is 17.5. The molecular formula is C18H19FN2O3. The molecule has 5 nitrogen and oxygen atoms in total. The summed E-state index contributed by atoms with van der Waals surface area (Å²) in [6.07, 6.45) is 0.238. The zero-order chi connectivity index (χ0) is 17.2. The lowest BCUT2D eigenvalue weighted by atomic mass is 10.1. The van der Waals surface area contributed by atoms with Crippen LogP contribution in [0.5, 0.6) is 5.75 Å². The minimum atomic E-state index is -0.332. The van der Waals surface area contributed by atoms with E-state index in [0.29, 0.717) is 12.3 Å². The van der Waals surface area contributed by atoms with Crippen LogP contribution in [-0.4, -0.2) is 31.5 Å². The second-order valence-corrected chi connectivity index (χ2v) is 5.09. The summed E-state index contributed by atoms with van der Waals surface area (Å²) in [6.45, 7) is 0.475. The number of hydrogen-bond acceptors (Lipinski definition) is 3. The minimum absolute atomic E-state index is 0.0811. The summed E-state index contributed by atoms with van der Waals surface area (Å²) in [5.74, 6) is -0.304. The smallest absolute Gasteiger partial charge is 0.239 e. The SMILES string of the molecule is O=C(CNC(=O)Cc1ccccc1)NCCOc1ccc(F)cc1. The first-order chi connectivity index (χ1) is 11.6. The Hall–Kier alpha value is -2.89. The fourth-order valence-corrected chi connectivity index (χ4v) is 1.98. The van der Waals surface area contributed by atoms with E-state index < -0.39 is 0 Å². The molecule has 2 aromatic carbocycles. The van der Waals surface area contributed by atoms with Gasteiger partial charge in [-0.05, 0) is 29.8 Å². The zero-order valence-electron chi connectivity index (χ0n) is 13.1. The van der Waals surface area contributed by atoms with Gasteiger partial charge in [-0.1, -0.05) is 30.3 Å². The number of nitrogens with one attached hydrogen (secondary N) is 2. The van der Waals surface area contributed by atoms with E-state index in [0.717, 1.165) is 5.56 Å². The molecule has 0 aliphatic heterocycles. The van der Waals surface area contributed by atoms with Gasteiger partial charge in [-0.3, -0.25) is 9.59 Å². The van der Waals surface area contributed by atoms with Gasteiger partial charge in [0.2, 0.25) is 11.8 Å². The lowest BCUT2D eigenvalue weighted by Crippen LogP contribution is -2.39. The van der Waals surface area contributed by atoms with Crippen LogP contribution in [0.25, 0.3) is 0 Å². The topological polar surface area (TPSA) is 67.4 Å². The number of ether oxygens (including phenoxy) is 1. The zero-order valence-corrected chi connectivity index (χ0v) is 13.1. The van der Waals surface area contributed by atoms with Gasteiger partial charge in [0.05, 0.1) is 19.5 Å². The highest BCUT2D eigenvalue weighted by Crippen LogP contribution is 2.10. The van der Waals surface area contributed by atoms with Crippen LogP contribution >= 0.6 is 0 Å². The molecule has 2 amide bonds. The molecule has 0 radical (unpaired) electrons. The Morgan fingerprint density at radius 3 is 2.33 bits per heavy atom. The van der Waals surface area contributed by atoms with Gasteiger partial charge in [0.15, 0.2) is 0 Å². The Balaban J connectivity index is 1.58. The first-order valence-corrected chi connectivity index (χ1v) is 7.59. The molecule has 0 atom stereocenters. The summed E-state index contributed by atoms with van der Waals surface area (Å²) in [7, 11) is 0. The molecule has 0 saturated heterocycles. The van der Waals surface area contributed by atoms with Crippen molar-refractivity contribution in [2.75, 3.05) is 19.7 Å². The summed E-state index contributed by atoms with van der Waals surface area (Å²) >= 11 is 0. The van der Waals surface area contributed by atoms with E-state index in [2.05, 4.69) is 10.6 Å². The van der Waals surface area contributed by atoms with E-state index in [9.17, 15) is 14.0 Å². The van der Waals surface area contributed by atoms with Crippen molar-refractivity contribution >= 4 is 11.8 Å². The van der Waals surface area contributed by atoms with E-state index in [-0.39, 0.29) is 37.2 Å². The van der Waals surface area contributed by atoms with Gasteiger partial charge < -0.3 is 15.4 Å². The predicted octanol–water partition coefficient (Wildman–Crippen LogP) is 1.68.